The number of esters is 1. The van der Waals surface area contributed by atoms with Crippen molar-refractivity contribution in [1.82, 2.24) is 5.32 Å². The van der Waals surface area contributed by atoms with Gasteiger partial charge in [-0.15, -0.1) is 0 Å². The summed E-state index contributed by atoms with van der Waals surface area (Å²) in [5.41, 5.74) is -1.00. The van der Waals surface area contributed by atoms with Gasteiger partial charge >= 0.3 is 12.6 Å². The van der Waals surface area contributed by atoms with E-state index in [2.05, 4.69) is 14.8 Å². The monoisotopic (exact) mass is 441 g/mol. The maximum atomic E-state index is 13.6. The van der Waals surface area contributed by atoms with Crippen molar-refractivity contribution in [2.24, 2.45) is 0 Å². The second-order valence-corrected chi connectivity index (χ2v) is 5.72. The van der Waals surface area contributed by atoms with Gasteiger partial charge in [-0.05, 0) is 24.3 Å². The summed E-state index contributed by atoms with van der Waals surface area (Å²) >= 11 is 0. The van der Waals surface area contributed by atoms with Gasteiger partial charge in [-0.3, -0.25) is 24.5 Å². The molecule has 0 unspecified atom stereocenters. The highest BCUT2D eigenvalue weighted by atomic mass is 19.3. The average Bonchev–Trinajstić information content (AvgIpc) is 2.71. The molecule has 0 radical (unpaired) electrons. The molecule has 2 aromatic carbocycles. The minimum atomic E-state index is -3.07. The van der Waals surface area contributed by atoms with Gasteiger partial charge in [-0.1, -0.05) is 6.07 Å². The second kappa shape index (κ2) is 10.6. The van der Waals surface area contributed by atoms with E-state index in [9.17, 15) is 37.7 Å². The van der Waals surface area contributed by atoms with E-state index in [0.717, 1.165) is 24.3 Å². The van der Waals surface area contributed by atoms with E-state index in [1.165, 1.54) is 18.2 Å². The lowest BCUT2D eigenvalue weighted by Gasteiger charge is -2.09. The zero-order valence-electron chi connectivity index (χ0n) is 15.5. The Labute approximate surface area is 172 Å². The van der Waals surface area contributed by atoms with Gasteiger partial charge < -0.3 is 20.1 Å². The molecule has 0 heterocycles. The van der Waals surface area contributed by atoms with Crippen LogP contribution in [0.15, 0.2) is 42.5 Å². The van der Waals surface area contributed by atoms with Crippen molar-refractivity contribution in [3.63, 3.8) is 0 Å². The van der Waals surface area contributed by atoms with Gasteiger partial charge in [0.25, 0.3) is 17.5 Å². The van der Waals surface area contributed by atoms with Crippen LogP contribution < -0.4 is 15.4 Å². The maximum absolute atomic E-state index is 13.6. The van der Waals surface area contributed by atoms with Gasteiger partial charge in [-0.2, -0.15) is 8.78 Å². The Morgan fingerprint density at radius 3 is 2.55 bits per heavy atom. The van der Waals surface area contributed by atoms with Crippen molar-refractivity contribution >= 4 is 29.2 Å². The number of non-ortho nitro benzene ring substituents is 1. The first-order chi connectivity index (χ1) is 14.7. The molecule has 10 nitrogen and oxygen atoms in total. The van der Waals surface area contributed by atoms with Gasteiger partial charge in [0.05, 0.1) is 10.6 Å². The molecule has 0 aliphatic heterocycles. The van der Waals surface area contributed by atoms with Gasteiger partial charge in [0.1, 0.15) is 18.1 Å². The lowest BCUT2D eigenvalue weighted by Crippen LogP contribution is -2.32. The number of nitro benzene ring substituents is 1. The number of benzene rings is 2. The van der Waals surface area contributed by atoms with E-state index in [-0.39, 0.29) is 11.3 Å². The standard InChI is InChI=1S/C18H14F3N3O7/c19-13-5-4-11(24(28)29)7-14(13)23-15(25)9-30-16(26)8-22-17(27)10-2-1-3-12(6-10)31-18(20)21/h1-7,18H,8-9H2,(H,22,27)(H,23,25). The van der Waals surface area contributed by atoms with Crippen molar-refractivity contribution in [3.05, 3.63) is 64.0 Å². The van der Waals surface area contributed by atoms with Crippen LogP contribution in [0.4, 0.5) is 24.5 Å². The molecule has 0 aliphatic carbocycles. The third-order valence-corrected chi connectivity index (χ3v) is 3.51. The van der Waals surface area contributed by atoms with Crippen LogP contribution in [-0.2, 0) is 14.3 Å². The second-order valence-electron chi connectivity index (χ2n) is 5.72. The number of carbonyl (C=O) groups is 3. The maximum Gasteiger partial charge on any atom is 0.387 e. The summed E-state index contributed by atoms with van der Waals surface area (Å²) in [4.78, 5) is 45.3. The van der Waals surface area contributed by atoms with Crippen LogP contribution in [0.5, 0.6) is 5.75 Å². The third-order valence-electron chi connectivity index (χ3n) is 3.51. The van der Waals surface area contributed by atoms with Crippen LogP contribution in [0.2, 0.25) is 0 Å². The molecule has 31 heavy (non-hydrogen) atoms. The smallest absolute Gasteiger partial charge is 0.387 e. The fourth-order valence-electron chi connectivity index (χ4n) is 2.17. The molecule has 13 heteroatoms. The predicted octanol–water partition coefficient (Wildman–Crippen LogP) is 2.25. The molecule has 164 valence electrons. The molecule has 0 saturated carbocycles. The van der Waals surface area contributed by atoms with Crippen LogP contribution in [0.3, 0.4) is 0 Å². The molecule has 0 bridgehead atoms. The van der Waals surface area contributed by atoms with Crippen LogP contribution in [-0.4, -0.2) is 42.5 Å². The van der Waals surface area contributed by atoms with E-state index >= 15 is 0 Å². The first-order valence-electron chi connectivity index (χ1n) is 8.38. The highest BCUT2D eigenvalue weighted by Crippen LogP contribution is 2.21. The Morgan fingerprint density at radius 1 is 1.13 bits per heavy atom. The van der Waals surface area contributed by atoms with Crippen LogP contribution in [0.1, 0.15) is 10.4 Å². The summed E-state index contributed by atoms with van der Waals surface area (Å²) in [6.07, 6.45) is 0. The van der Waals surface area contributed by atoms with E-state index in [4.69, 9.17) is 0 Å². The lowest BCUT2D eigenvalue weighted by molar-refractivity contribution is -0.384. The van der Waals surface area contributed by atoms with Crippen molar-refractivity contribution in [2.45, 2.75) is 6.61 Å². The number of nitrogens with zero attached hydrogens (tertiary/aromatic N) is 1. The summed E-state index contributed by atoms with van der Waals surface area (Å²) in [6.45, 7) is -4.58. The Morgan fingerprint density at radius 2 is 1.87 bits per heavy atom. The fraction of sp³-hybridized carbons (Fsp3) is 0.167. The number of nitrogens with one attached hydrogen (secondary N) is 2. The molecule has 0 atom stereocenters. The first-order valence-corrected chi connectivity index (χ1v) is 8.38. The summed E-state index contributed by atoms with van der Waals surface area (Å²) in [6, 6.07) is 7.32. The van der Waals surface area contributed by atoms with Gasteiger partial charge in [0, 0.05) is 17.7 Å². The molecule has 2 rings (SSSR count). The van der Waals surface area contributed by atoms with Crippen molar-refractivity contribution < 1.29 is 42.0 Å². The van der Waals surface area contributed by atoms with E-state index in [1.54, 1.807) is 0 Å². The molecule has 0 aliphatic rings. The third kappa shape index (κ3) is 7.30. The van der Waals surface area contributed by atoms with Crippen LogP contribution in [0, 0.1) is 15.9 Å². The number of carbonyl (C=O) groups excluding carboxylic acids is 3. The van der Waals surface area contributed by atoms with E-state index < -0.39 is 59.7 Å². The van der Waals surface area contributed by atoms with Crippen LogP contribution >= 0.6 is 0 Å². The number of hydrogen-bond donors (Lipinski definition) is 2. The Balaban J connectivity index is 1.82. The molecule has 2 amide bonds. The largest absolute Gasteiger partial charge is 0.454 e. The SMILES string of the molecule is O=C(COC(=O)CNC(=O)c1cccc(OC(F)F)c1)Nc1cc([N+](=O)[O-])ccc1F. The molecule has 2 N–H and O–H groups in total. The first kappa shape index (κ1) is 23.1. The minimum absolute atomic E-state index is 0.0650. The zero-order chi connectivity index (χ0) is 23.0. The molecular weight excluding hydrogens is 427 g/mol. The number of halogens is 3. The number of nitro groups is 1. The highest BCUT2D eigenvalue weighted by molar-refractivity contribution is 5.97. The van der Waals surface area contributed by atoms with Gasteiger partial charge in [0.2, 0.25) is 0 Å². The number of ether oxygens (including phenoxy) is 2. The Hall–Kier alpha value is -4.16. The number of rotatable bonds is 9. The number of amides is 2. The predicted molar refractivity (Wildman–Crippen MR) is 98.1 cm³/mol. The van der Waals surface area contributed by atoms with Crippen molar-refractivity contribution in [3.8, 4) is 5.75 Å². The van der Waals surface area contributed by atoms with Gasteiger partial charge in [-0.25, -0.2) is 4.39 Å². The molecule has 2 aromatic rings. The van der Waals surface area contributed by atoms with Crippen molar-refractivity contribution in [1.29, 1.82) is 0 Å². The highest BCUT2D eigenvalue weighted by Gasteiger charge is 2.15. The topological polar surface area (TPSA) is 137 Å². The number of hydrogen-bond acceptors (Lipinski definition) is 7. The molecule has 0 saturated heterocycles. The summed E-state index contributed by atoms with van der Waals surface area (Å²) in [7, 11) is 0. The normalized spacial score (nSPS) is 10.3. The Kier molecular flexibility index (Phi) is 7.88. The summed E-state index contributed by atoms with van der Waals surface area (Å²) < 4.78 is 46.8. The summed E-state index contributed by atoms with van der Waals surface area (Å²) in [5, 5.41) is 14.9. The quantitative estimate of drug-likeness (QED) is 0.346. The average molecular weight is 441 g/mol. The van der Waals surface area contributed by atoms with Crippen molar-refractivity contribution in [2.75, 3.05) is 18.5 Å². The minimum Gasteiger partial charge on any atom is -0.454 e. The molecule has 0 aromatic heterocycles. The number of alkyl halides is 2. The molecule has 0 fully saturated rings. The summed E-state index contributed by atoms with van der Waals surface area (Å²) in [5.74, 6) is -3.98. The molecule has 0 spiro atoms. The van der Waals surface area contributed by atoms with Gasteiger partial charge in [0.15, 0.2) is 6.61 Å². The number of anilines is 1. The van der Waals surface area contributed by atoms with Crippen LogP contribution in [0.25, 0.3) is 0 Å². The Bertz CT molecular complexity index is 1000. The van der Waals surface area contributed by atoms with E-state index in [0.29, 0.717) is 0 Å². The fourth-order valence-corrected chi connectivity index (χ4v) is 2.17. The van der Waals surface area contributed by atoms with E-state index in [1.807, 2.05) is 5.32 Å². The molecular formula is C18H14F3N3O7. The zero-order valence-corrected chi connectivity index (χ0v) is 15.5. The lowest BCUT2D eigenvalue weighted by atomic mass is 10.2.